The van der Waals surface area contributed by atoms with Gasteiger partial charge in [0, 0.05) is 29.6 Å². The van der Waals surface area contributed by atoms with Gasteiger partial charge in [-0.25, -0.2) is 8.42 Å². The number of aromatic nitrogens is 1. The predicted molar refractivity (Wildman–Crippen MR) is 78.3 cm³/mol. The van der Waals surface area contributed by atoms with Crippen molar-refractivity contribution >= 4 is 47.6 Å². The van der Waals surface area contributed by atoms with Crippen LogP contribution in [0.4, 0.5) is 0 Å². The Labute approximate surface area is 125 Å². The minimum absolute atomic E-state index is 0.279. The van der Waals surface area contributed by atoms with E-state index in [9.17, 15) is 13.0 Å². The van der Waals surface area contributed by atoms with Gasteiger partial charge in [0.15, 0.2) is 0 Å². The van der Waals surface area contributed by atoms with E-state index in [0.717, 1.165) is 16.5 Å². The van der Waals surface area contributed by atoms with Gasteiger partial charge in [-0.2, -0.15) is 4.57 Å². The number of hydrogen-bond acceptors (Lipinski definition) is 4. The second kappa shape index (κ2) is 5.87. The third-order valence-corrected chi connectivity index (χ3v) is 5.24. The van der Waals surface area contributed by atoms with Crippen molar-refractivity contribution in [1.29, 1.82) is 0 Å². The number of aryl methyl sites for hydroxylation is 2. The van der Waals surface area contributed by atoms with Gasteiger partial charge in [0.1, 0.15) is 11.2 Å². The summed E-state index contributed by atoms with van der Waals surface area (Å²) in [6, 6.07) is 6.13. The smallest absolute Gasteiger partial charge is 0.235 e. The summed E-state index contributed by atoms with van der Waals surface area (Å²) in [7, 11) is -4.09. The maximum atomic E-state index is 10.6. The minimum Gasteiger partial charge on any atom is -0.748 e. The van der Waals surface area contributed by atoms with Crippen LogP contribution in [-0.2, 0) is 16.7 Å². The molecule has 0 saturated carbocycles. The summed E-state index contributed by atoms with van der Waals surface area (Å²) in [5, 5.41) is 1.18. The van der Waals surface area contributed by atoms with Crippen LogP contribution in [-0.4, -0.2) is 18.7 Å². The van der Waals surface area contributed by atoms with Gasteiger partial charge in [0.2, 0.25) is 10.5 Å². The zero-order chi connectivity index (χ0) is 14.0. The van der Waals surface area contributed by atoms with E-state index in [4.69, 9.17) is 0 Å². The highest BCUT2D eigenvalue weighted by atomic mass is 79.9. The lowest BCUT2D eigenvalue weighted by atomic mass is 10.3. The van der Waals surface area contributed by atoms with Crippen LogP contribution in [0.5, 0.6) is 0 Å². The van der Waals surface area contributed by atoms with Gasteiger partial charge in [0.05, 0.1) is 10.1 Å². The normalized spacial score (nSPS) is 12.2. The largest absolute Gasteiger partial charge is 0.748 e. The first-order valence-corrected chi connectivity index (χ1v) is 9.07. The number of thiazole rings is 1. The molecule has 0 aliphatic heterocycles. The number of fused-ring (bicyclic) bond motifs is 1. The van der Waals surface area contributed by atoms with Gasteiger partial charge in [-0.05, 0) is 18.6 Å². The molecule has 4 nitrogen and oxygen atoms in total. The molecule has 2 aromatic rings. The average molecular weight is 364 g/mol. The molecule has 0 saturated heterocycles. The Morgan fingerprint density at radius 3 is 2.79 bits per heavy atom. The van der Waals surface area contributed by atoms with Crippen molar-refractivity contribution in [3.05, 3.63) is 27.7 Å². The summed E-state index contributed by atoms with van der Waals surface area (Å²) < 4.78 is 36.0. The molecule has 7 heteroatoms. The fourth-order valence-electron chi connectivity index (χ4n) is 2.00. The molecule has 2 rings (SSSR count). The van der Waals surface area contributed by atoms with Crippen molar-refractivity contribution in [3.63, 3.8) is 0 Å². The topological polar surface area (TPSA) is 61.1 Å². The van der Waals surface area contributed by atoms with E-state index in [-0.39, 0.29) is 5.75 Å². The van der Waals surface area contributed by atoms with Gasteiger partial charge >= 0.3 is 0 Å². The Kier molecular flexibility index (Phi) is 4.60. The first-order chi connectivity index (χ1) is 8.87. The third kappa shape index (κ3) is 3.98. The summed E-state index contributed by atoms with van der Waals surface area (Å²) >= 11 is 5.17. The zero-order valence-corrected chi connectivity index (χ0v) is 13.6. The Bertz CT molecular complexity index is 694. The number of benzene rings is 1. The summed E-state index contributed by atoms with van der Waals surface area (Å²) in [5.41, 5.74) is 1.14. The quantitative estimate of drug-likeness (QED) is 0.466. The highest BCUT2D eigenvalue weighted by Crippen LogP contribution is 2.23. The molecule has 1 heterocycles. The molecule has 1 aromatic carbocycles. The number of unbranched alkanes of at least 4 members (excludes halogenated alkanes) is 1. The molecule has 0 aliphatic rings. The average Bonchev–Trinajstić information content (AvgIpc) is 2.59. The van der Waals surface area contributed by atoms with E-state index in [1.165, 1.54) is 9.71 Å². The van der Waals surface area contributed by atoms with Crippen molar-refractivity contribution in [1.82, 2.24) is 0 Å². The van der Waals surface area contributed by atoms with Crippen LogP contribution in [0.15, 0.2) is 22.7 Å². The van der Waals surface area contributed by atoms with E-state index in [0.29, 0.717) is 12.8 Å². The van der Waals surface area contributed by atoms with E-state index >= 15 is 0 Å². The standard InChI is InChI=1S/C12H14BrNO3S2/c1-9-14(6-2-3-7-19(15,16)17)11-8-10(13)4-5-12(11)18-9/h4-5,8H,2-3,6-7H2,1H3. The third-order valence-electron chi connectivity index (χ3n) is 2.88. The molecule has 1 aromatic heterocycles. The van der Waals surface area contributed by atoms with E-state index < -0.39 is 10.1 Å². The van der Waals surface area contributed by atoms with E-state index in [1.54, 1.807) is 11.3 Å². The Morgan fingerprint density at radius 1 is 1.37 bits per heavy atom. The molecule has 0 aliphatic carbocycles. The van der Waals surface area contributed by atoms with E-state index in [2.05, 4.69) is 32.6 Å². The van der Waals surface area contributed by atoms with Crippen molar-refractivity contribution in [2.45, 2.75) is 26.3 Å². The summed E-state index contributed by atoms with van der Waals surface area (Å²) in [4.78, 5) is 0. The molecular formula is C12H14BrNO3S2. The lowest BCUT2D eigenvalue weighted by Gasteiger charge is -2.04. The second-order valence-corrected chi connectivity index (χ2v) is 8.03. The molecule has 0 spiro atoms. The minimum atomic E-state index is -4.09. The predicted octanol–water partition coefficient (Wildman–Crippen LogP) is 2.59. The molecule has 0 fully saturated rings. The van der Waals surface area contributed by atoms with Crippen LogP contribution in [0.1, 0.15) is 17.8 Å². The van der Waals surface area contributed by atoms with Crippen LogP contribution in [0.25, 0.3) is 10.2 Å². The molecule has 0 N–H and O–H groups in total. The van der Waals surface area contributed by atoms with Crippen molar-refractivity contribution in [2.75, 3.05) is 5.75 Å². The van der Waals surface area contributed by atoms with Gasteiger partial charge in [-0.3, -0.25) is 0 Å². The Hall–Kier alpha value is -0.500. The molecule has 19 heavy (non-hydrogen) atoms. The fourth-order valence-corrected chi connectivity index (χ4v) is 3.93. The van der Waals surface area contributed by atoms with Crippen molar-refractivity contribution in [2.24, 2.45) is 0 Å². The number of hydrogen-bond donors (Lipinski definition) is 0. The second-order valence-electron chi connectivity index (χ2n) is 4.35. The summed E-state index contributed by atoms with van der Waals surface area (Å²) in [6.45, 7) is 2.78. The van der Waals surface area contributed by atoms with Crippen molar-refractivity contribution in [3.8, 4) is 0 Å². The molecule has 0 bridgehead atoms. The maximum absolute atomic E-state index is 10.6. The summed E-state index contributed by atoms with van der Waals surface area (Å²) in [6.07, 6.45) is 1.09. The van der Waals surface area contributed by atoms with Gasteiger partial charge in [0.25, 0.3) is 0 Å². The maximum Gasteiger partial charge on any atom is 0.235 e. The van der Waals surface area contributed by atoms with Crippen LogP contribution in [0, 0.1) is 6.92 Å². The Balaban J connectivity index is 2.12. The molecule has 104 valence electrons. The van der Waals surface area contributed by atoms with Gasteiger partial charge in [-0.15, -0.1) is 0 Å². The van der Waals surface area contributed by atoms with Gasteiger partial charge < -0.3 is 4.55 Å². The van der Waals surface area contributed by atoms with Crippen LogP contribution in [0.2, 0.25) is 0 Å². The van der Waals surface area contributed by atoms with Gasteiger partial charge in [-0.1, -0.05) is 27.3 Å². The van der Waals surface area contributed by atoms with Crippen LogP contribution < -0.4 is 4.57 Å². The number of halogens is 1. The highest BCUT2D eigenvalue weighted by Gasteiger charge is 2.16. The molecule has 0 amide bonds. The molecule has 0 radical (unpaired) electrons. The monoisotopic (exact) mass is 363 g/mol. The lowest BCUT2D eigenvalue weighted by Crippen LogP contribution is -2.35. The number of nitrogens with zero attached hydrogens (tertiary/aromatic N) is 1. The summed E-state index contributed by atoms with van der Waals surface area (Å²) in [5.74, 6) is -0.279. The SMILES string of the molecule is Cc1sc2ccc(Br)cc2[n+]1CCCCS(=O)(=O)[O-]. The van der Waals surface area contributed by atoms with Crippen LogP contribution >= 0.6 is 27.3 Å². The fraction of sp³-hybridized carbons (Fsp3) is 0.417. The molecule has 0 unspecified atom stereocenters. The first-order valence-electron chi connectivity index (χ1n) is 5.89. The Morgan fingerprint density at radius 2 is 2.11 bits per heavy atom. The zero-order valence-electron chi connectivity index (χ0n) is 10.4. The van der Waals surface area contributed by atoms with Crippen LogP contribution in [0.3, 0.4) is 0 Å². The molecular weight excluding hydrogens is 350 g/mol. The lowest BCUT2D eigenvalue weighted by molar-refractivity contribution is -0.673. The molecule has 0 atom stereocenters. The van der Waals surface area contributed by atoms with E-state index in [1.807, 2.05) is 13.0 Å². The van der Waals surface area contributed by atoms with Crippen molar-refractivity contribution < 1.29 is 17.5 Å². The number of rotatable bonds is 5. The highest BCUT2D eigenvalue weighted by molar-refractivity contribution is 9.10. The first kappa shape index (κ1) is 14.9.